The van der Waals surface area contributed by atoms with Gasteiger partial charge in [-0.25, -0.2) is 0 Å². The van der Waals surface area contributed by atoms with Gasteiger partial charge in [0.25, 0.3) is 0 Å². The first-order valence-corrected chi connectivity index (χ1v) is 6.98. The van der Waals surface area contributed by atoms with E-state index >= 15 is 0 Å². The van der Waals surface area contributed by atoms with Crippen molar-refractivity contribution in [1.29, 1.82) is 0 Å². The second-order valence-corrected chi connectivity index (χ2v) is 4.86. The van der Waals surface area contributed by atoms with Crippen molar-refractivity contribution in [1.82, 2.24) is 0 Å². The number of anilines is 1. The van der Waals surface area contributed by atoms with Gasteiger partial charge in [0.1, 0.15) is 0 Å². The molecule has 0 aliphatic carbocycles. The molecule has 4 heteroatoms. The number of alkyl halides is 1. The largest absolute Gasteiger partial charge is 0.380 e. The molecule has 0 unspecified atom stereocenters. The molecule has 16 heavy (non-hydrogen) atoms. The molecule has 2 rings (SSSR count). The van der Waals surface area contributed by atoms with Crippen molar-refractivity contribution in [2.75, 3.05) is 31.2 Å². The van der Waals surface area contributed by atoms with Crippen LogP contribution in [-0.4, -0.2) is 26.3 Å². The van der Waals surface area contributed by atoms with Crippen LogP contribution in [0.2, 0.25) is 5.02 Å². The van der Waals surface area contributed by atoms with Crippen LogP contribution < -0.4 is 4.90 Å². The van der Waals surface area contributed by atoms with Crippen molar-refractivity contribution in [2.24, 2.45) is 0 Å². The molecule has 0 amide bonds. The fourth-order valence-electron chi connectivity index (χ4n) is 1.96. The maximum atomic E-state index is 6.00. The van der Waals surface area contributed by atoms with Crippen LogP contribution in [0.1, 0.15) is 12.0 Å². The van der Waals surface area contributed by atoms with Crippen LogP contribution in [0, 0.1) is 0 Å². The Labute approximate surface area is 110 Å². The molecule has 0 N–H and O–H groups in total. The van der Waals surface area contributed by atoms with Gasteiger partial charge in [0.2, 0.25) is 0 Å². The number of hydrogen-bond donors (Lipinski definition) is 0. The minimum absolute atomic E-state index is 0.796. The van der Waals surface area contributed by atoms with E-state index in [0.717, 1.165) is 43.1 Å². The van der Waals surface area contributed by atoms with Crippen LogP contribution in [0.25, 0.3) is 0 Å². The zero-order valence-corrected chi connectivity index (χ0v) is 11.4. The SMILES string of the molecule is Clc1ccc(N2CCCOCC2)c(CBr)c1. The number of halogens is 2. The first kappa shape index (κ1) is 12.2. The fraction of sp³-hybridized carbons (Fsp3) is 0.500. The molecule has 88 valence electrons. The van der Waals surface area contributed by atoms with Crippen LogP contribution in [0.4, 0.5) is 5.69 Å². The third kappa shape index (κ3) is 2.90. The quantitative estimate of drug-likeness (QED) is 0.776. The van der Waals surface area contributed by atoms with Crippen molar-refractivity contribution in [2.45, 2.75) is 11.8 Å². The van der Waals surface area contributed by atoms with Crippen molar-refractivity contribution < 1.29 is 4.74 Å². The van der Waals surface area contributed by atoms with E-state index in [1.165, 1.54) is 11.3 Å². The molecule has 0 saturated carbocycles. The van der Waals surface area contributed by atoms with Crippen LogP contribution >= 0.6 is 27.5 Å². The summed E-state index contributed by atoms with van der Waals surface area (Å²) in [6.45, 7) is 3.70. The Morgan fingerprint density at radius 3 is 3.00 bits per heavy atom. The predicted molar refractivity (Wildman–Crippen MR) is 71.7 cm³/mol. The highest BCUT2D eigenvalue weighted by Gasteiger charge is 2.13. The molecule has 1 fully saturated rings. The van der Waals surface area contributed by atoms with E-state index in [1.807, 2.05) is 12.1 Å². The van der Waals surface area contributed by atoms with Gasteiger partial charge in [0.15, 0.2) is 0 Å². The van der Waals surface area contributed by atoms with Crippen LogP contribution in [0.3, 0.4) is 0 Å². The van der Waals surface area contributed by atoms with E-state index in [-0.39, 0.29) is 0 Å². The number of benzene rings is 1. The third-order valence-electron chi connectivity index (χ3n) is 2.75. The topological polar surface area (TPSA) is 12.5 Å². The van der Waals surface area contributed by atoms with Gasteiger partial charge in [-0.15, -0.1) is 0 Å². The summed E-state index contributed by atoms with van der Waals surface area (Å²) in [7, 11) is 0. The molecule has 0 spiro atoms. The molecule has 0 radical (unpaired) electrons. The summed E-state index contributed by atoms with van der Waals surface area (Å²) in [6.07, 6.45) is 1.09. The minimum atomic E-state index is 0.796. The predicted octanol–water partition coefficient (Wildman–Crippen LogP) is 3.46. The van der Waals surface area contributed by atoms with Gasteiger partial charge in [-0.3, -0.25) is 0 Å². The lowest BCUT2D eigenvalue weighted by Crippen LogP contribution is -2.26. The molecule has 0 atom stereocenters. The van der Waals surface area contributed by atoms with Gasteiger partial charge in [0.05, 0.1) is 6.61 Å². The van der Waals surface area contributed by atoms with E-state index < -0.39 is 0 Å². The normalized spacial score (nSPS) is 17.2. The Morgan fingerprint density at radius 1 is 1.31 bits per heavy atom. The second-order valence-electron chi connectivity index (χ2n) is 3.86. The average molecular weight is 305 g/mol. The number of ether oxygens (including phenoxy) is 1. The number of hydrogen-bond acceptors (Lipinski definition) is 2. The Hall–Kier alpha value is -0.250. The average Bonchev–Trinajstić information content (AvgIpc) is 2.57. The molecular formula is C12H15BrClNO. The van der Waals surface area contributed by atoms with Gasteiger partial charge in [-0.2, -0.15) is 0 Å². The summed E-state index contributed by atoms with van der Waals surface area (Å²) in [5.41, 5.74) is 2.51. The van der Waals surface area contributed by atoms with Crippen molar-refractivity contribution in [3.8, 4) is 0 Å². The number of nitrogens with zero attached hydrogens (tertiary/aromatic N) is 1. The molecule has 1 aliphatic heterocycles. The molecule has 0 bridgehead atoms. The summed E-state index contributed by atoms with van der Waals surface area (Å²) < 4.78 is 5.46. The Bertz CT molecular complexity index is 351. The van der Waals surface area contributed by atoms with Gasteiger partial charge in [-0.1, -0.05) is 27.5 Å². The van der Waals surface area contributed by atoms with E-state index in [2.05, 4.69) is 26.9 Å². The van der Waals surface area contributed by atoms with Crippen LogP contribution in [0.15, 0.2) is 18.2 Å². The lowest BCUT2D eigenvalue weighted by Gasteiger charge is -2.24. The highest BCUT2D eigenvalue weighted by molar-refractivity contribution is 9.08. The van der Waals surface area contributed by atoms with Crippen LogP contribution in [-0.2, 0) is 10.1 Å². The van der Waals surface area contributed by atoms with Gasteiger partial charge < -0.3 is 9.64 Å². The molecule has 1 saturated heterocycles. The van der Waals surface area contributed by atoms with E-state index in [4.69, 9.17) is 16.3 Å². The maximum Gasteiger partial charge on any atom is 0.0641 e. The van der Waals surface area contributed by atoms with Crippen molar-refractivity contribution in [3.05, 3.63) is 28.8 Å². The minimum Gasteiger partial charge on any atom is -0.380 e. The fourth-order valence-corrected chi connectivity index (χ4v) is 2.60. The summed E-state index contributed by atoms with van der Waals surface area (Å²) >= 11 is 9.51. The Balaban J connectivity index is 2.23. The molecule has 2 nitrogen and oxygen atoms in total. The smallest absolute Gasteiger partial charge is 0.0641 e. The van der Waals surface area contributed by atoms with Crippen molar-refractivity contribution >= 4 is 33.2 Å². The zero-order valence-electron chi connectivity index (χ0n) is 9.09. The standard InChI is InChI=1S/C12H15BrClNO/c13-9-10-8-11(14)2-3-12(10)15-4-1-6-16-7-5-15/h2-3,8H,1,4-7,9H2. The monoisotopic (exact) mass is 303 g/mol. The van der Waals surface area contributed by atoms with E-state index in [0.29, 0.717) is 0 Å². The first-order valence-electron chi connectivity index (χ1n) is 5.48. The van der Waals surface area contributed by atoms with E-state index in [1.54, 1.807) is 0 Å². The molecule has 1 aliphatic rings. The zero-order chi connectivity index (χ0) is 11.4. The summed E-state index contributed by atoms with van der Waals surface area (Å²) in [4.78, 5) is 2.37. The highest BCUT2D eigenvalue weighted by atomic mass is 79.9. The third-order valence-corrected chi connectivity index (χ3v) is 3.59. The lowest BCUT2D eigenvalue weighted by molar-refractivity contribution is 0.152. The molecule has 1 heterocycles. The van der Waals surface area contributed by atoms with E-state index in [9.17, 15) is 0 Å². The van der Waals surface area contributed by atoms with Crippen molar-refractivity contribution in [3.63, 3.8) is 0 Å². The highest BCUT2D eigenvalue weighted by Crippen LogP contribution is 2.27. The van der Waals surface area contributed by atoms with Crippen LogP contribution in [0.5, 0.6) is 0 Å². The van der Waals surface area contributed by atoms with Gasteiger partial charge >= 0.3 is 0 Å². The Kier molecular flexibility index (Phi) is 4.50. The second kappa shape index (κ2) is 5.89. The van der Waals surface area contributed by atoms with Gasteiger partial charge in [-0.05, 0) is 30.2 Å². The molecule has 1 aromatic carbocycles. The van der Waals surface area contributed by atoms with Gasteiger partial charge in [0, 0.05) is 35.7 Å². The number of rotatable bonds is 2. The first-order chi connectivity index (χ1) is 7.81. The Morgan fingerprint density at radius 2 is 2.19 bits per heavy atom. The summed E-state index contributed by atoms with van der Waals surface area (Å²) in [5.74, 6) is 0. The molecule has 0 aromatic heterocycles. The summed E-state index contributed by atoms with van der Waals surface area (Å²) in [5, 5.41) is 1.63. The molecular weight excluding hydrogens is 289 g/mol. The summed E-state index contributed by atoms with van der Waals surface area (Å²) in [6, 6.07) is 6.08. The maximum absolute atomic E-state index is 6.00. The lowest BCUT2D eigenvalue weighted by atomic mass is 10.1. The molecule has 1 aromatic rings.